The van der Waals surface area contributed by atoms with Gasteiger partial charge in [-0.25, -0.2) is 0 Å². The summed E-state index contributed by atoms with van der Waals surface area (Å²) in [6, 6.07) is 27.1. The standard InChI is InChI=1S/C27H23N.2C2H6/c1-4-10-22-14-16-23(17-15-22)24-18-20-27(21-19-24)28(25(6-3)11-5-2)26-12-8-7-9-13-26;2*1-2/h5-9,11-21H,2-3H2,1H3;2*1-2H3/b25-11+;;. The number of nitrogens with zero attached hydrogens (tertiary/aromatic N) is 1. The predicted octanol–water partition coefficient (Wildman–Crippen LogP) is 9.17. The Bertz CT molecular complexity index is 1030. The van der Waals surface area contributed by atoms with Crippen LogP contribution >= 0.6 is 0 Å². The van der Waals surface area contributed by atoms with Gasteiger partial charge in [-0.15, -0.1) is 5.92 Å². The van der Waals surface area contributed by atoms with Crippen LogP contribution in [0.5, 0.6) is 0 Å². The van der Waals surface area contributed by atoms with E-state index in [0.717, 1.165) is 22.6 Å². The first-order valence-corrected chi connectivity index (χ1v) is 11.2. The molecule has 0 aliphatic carbocycles. The van der Waals surface area contributed by atoms with Gasteiger partial charge in [-0.05, 0) is 66.6 Å². The van der Waals surface area contributed by atoms with Gasteiger partial charge < -0.3 is 4.90 Å². The van der Waals surface area contributed by atoms with E-state index >= 15 is 0 Å². The third kappa shape index (κ3) is 7.18. The summed E-state index contributed by atoms with van der Waals surface area (Å²) in [6.07, 6.45) is 5.58. The van der Waals surface area contributed by atoms with Crippen molar-refractivity contribution in [2.24, 2.45) is 0 Å². The van der Waals surface area contributed by atoms with Gasteiger partial charge in [0.25, 0.3) is 0 Å². The Balaban J connectivity index is 0.00000121. The molecule has 3 aromatic carbocycles. The molecule has 1 nitrogen and oxygen atoms in total. The molecule has 0 radical (unpaired) electrons. The van der Waals surface area contributed by atoms with Crippen molar-refractivity contribution in [3.63, 3.8) is 0 Å². The van der Waals surface area contributed by atoms with Crippen LogP contribution in [0.4, 0.5) is 11.4 Å². The van der Waals surface area contributed by atoms with Gasteiger partial charge in [0, 0.05) is 22.6 Å². The molecule has 0 atom stereocenters. The van der Waals surface area contributed by atoms with E-state index < -0.39 is 0 Å². The van der Waals surface area contributed by atoms with Crippen molar-refractivity contribution in [1.29, 1.82) is 0 Å². The van der Waals surface area contributed by atoms with Crippen LogP contribution in [-0.2, 0) is 0 Å². The third-order valence-corrected chi connectivity index (χ3v) is 4.38. The van der Waals surface area contributed by atoms with Gasteiger partial charge >= 0.3 is 0 Å². The van der Waals surface area contributed by atoms with Crippen LogP contribution in [0.1, 0.15) is 40.2 Å². The molecule has 0 fully saturated rings. The molecule has 0 aliphatic rings. The molecule has 0 aromatic heterocycles. The highest BCUT2D eigenvalue weighted by Crippen LogP contribution is 2.32. The molecule has 0 aliphatic heterocycles. The zero-order valence-corrected chi connectivity index (χ0v) is 20.1. The topological polar surface area (TPSA) is 3.24 Å². The maximum absolute atomic E-state index is 3.97. The number of para-hydroxylation sites is 1. The van der Waals surface area contributed by atoms with Crippen LogP contribution in [0.2, 0.25) is 0 Å². The van der Waals surface area contributed by atoms with E-state index in [0.29, 0.717) is 0 Å². The first kappa shape index (κ1) is 26.3. The van der Waals surface area contributed by atoms with Crippen molar-refractivity contribution in [2.45, 2.75) is 34.6 Å². The Kier molecular flexibility index (Phi) is 12.4. The summed E-state index contributed by atoms with van der Waals surface area (Å²) >= 11 is 0. The van der Waals surface area contributed by atoms with E-state index in [1.807, 2.05) is 65.0 Å². The molecule has 164 valence electrons. The smallest absolute Gasteiger partial charge is 0.0462 e. The fourth-order valence-corrected chi connectivity index (χ4v) is 3.07. The van der Waals surface area contributed by atoms with E-state index in [1.165, 1.54) is 11.1 Å². The van der Waals surface area contributed by atoms with Crippen molar-refractivity contribution >= 4 is 11.4 Å². The van der Waals surface area contributed by atoms with Crippen molar-refractivity contribution in [3.8, 4) is 23.0 Å². The number of allylic oxidation sites excluding steroid dienone is 3. The minimum Gasteiger partial charge on any atom is -0.311 e. The molecule has 0 unspecified atom stereocenters. The summed E-state index contributed by atoms with van der Waals surface area (Å²) < 4.78 is 0. The van der Waals surface area contributed by atoms with Crippen LogP contribution in [0.25, 0.3) is 11.1 Å². The Morgan fingerprint density at radius 3 is 1.69 bits per heavy atom. The Morgan fingerprint density at radius 2 is 1.22 bits per heavy atom. The van der Waals surface area contributed by atoms with Gasteiger partial charge in [0.05, 0.1) is 0 Å². The molecular weight excluding hydrogens is 386 g/mol. The highest BCUT2D eigenvalue weighted by molar-refractivity contribution is 5.73. The van der Waals surface area contributed by atoms with Gasteiger partial charge in [-0.1, -0.05) is 95.3 Å². The van der Waals surface area contributed by atoms with E-state index in [-0.39, 0.29) is 0 Å². The van der Waals surface area contributed by atoms with Crippen molar-refractivity contribution < 1.29 is 0 Å². The second-order valence-corrected chi connectivity index (χ2v) is 6.20. The third-order valence-electron chi connectivity index (χ3n) is 4.38. The molecule has 0 bridgehead atoms. The van der Waals surface area contributed by atoms with E-state index in [1.54, 1.807) is 6.08 Å². The SMILES string of the molecule is C=C/C=C(\C=C)N(c1ccccc1)c1ccc(-c2ccc(C#CC)cc2)cc1.CC.CC. The zero-order valence-electron chi connectivity index (χ0n) is 20.1. The molecule has 0 spiro atoms. The highest BCUT2D eigenvalue weighted by atomic mass is 15.1. The first-order chi connectivity index (χ1) is 15.8. The molecule has 0 saturated heterocycles. The number of anilines is 2. The summed E-state index contributed by atoms with van der Waals surface area (Å²) in [5.41, 5.74) is 6.48. The van der Waals surface area contributed by atoms with Gasteiger partial charge in [-0.2, -0.15) is 0 Å². The highest BCUT2D eigenvalue weighted by Gasteiger charge is 2.12. The van der Waals surface area contributed by atoms with E-state index in [2.05, 4.69) is 90.6 Å². The average Bonchev–Trinajstić information content (AvgIpc) is 2.88. The van der Waals surface area contributed by atoms with E-state index in [9.17, 15) is 0 Å². The Morgan fingerprint density at radius 1 is 0.719 bits per heavy atom. The number of hydrogen-bond donors (Lipinski definition) is 0. The lowest BCUT2D eigenvalue weighted by Crippen LogP contribution is -2.14. The van der Waals surface area contributed by atoms with Crippen molar-refractivity contribution in [1.82, 2.24) is 0 Å². The quantitative estimate of drug-likeness (QED) is 0.283. The molecule has 0 amide bonds. The maximum atomic E-state index is 3.97. The fraction of sp³-hybridized carbons (Fsp3) is 0.161. The minimum atomic E-state index is 0.969. The second-order valence-electron chi connectivity index (χ2n) is 6.20. The Hall–Kier alpha value is -3.76. The van der Waals surface area contributed by atoms with Gasteiger partial charge in [0.2, 0.25) is 0 Å². The molecular formula is C31H35N. The number of rotatable bonds is 6. The number of benzene rings is 3. The largest absolute Gasteiger partial charge is 0.311 e. The summed E-state index contributed by atoms with van der Waals surface area (Å²) in [6.45, 7) is 17.7. The van der Waals surface area contributed by atoms with Crippen LogP contribution in [0, 0.1) is 11.8 Å². The lowest BCUT2D eigenvalue weighted by molar-refractivity contribution is 1.21. The minimum absolute atomic E-state index is 0.969. The first-order valence-electron chi connectivity index (χ1n) is 11.2. The van der Waals surface area contributed by atoms with Gasteiger partial charge in [0.15, 0.2) is 0 Å². The molecule has 3 aromatic rings. The summed E-state index contributed by atoms with van der Waals surface area (Å²) in [7, 11) is 0. The molecule has 32 heavy (non-hydrogen) atoms. The molecule has 0 saturated carbocycles. The van der Waals surface area contributed by atoms with Crippen LogP contribution < -0.4 is 4.90 Å². The van der Waals surface area contributed by atoms with Crippen LogP contribution in [0.3, 0.4) is 0 Å². The summed E-state index contributed by atoms with van der Waals surface area (Å²) in [5.74, 6) is 6.01. The molecule has 3 rings (SSSR count). The van der Waals surface area contributed by atoms with Gasteiger partial charge in [0.1, 0.15) is 0 Å². The lowest BCUT2D eigenvalue weighted by atomic mass is 10.0. The van der Waals surface area contributed by atoms with Crippen LogP contribution in [-0.4, -0.2) is 0 Å². The lowest BCUT2D eigenvalue weighted by Gasteiger charge is -2.26. The molecule has 0 N–H and O–H groups in total. The van der Waals surface area contributed by atoms with Crippen molar-refractivity contribution in [3.05, 3.63) is 122 Å². The Labute approximate surface area is 195 Å². The monoisotopic (exact) mass is 421 g/mol. The average molecular weight is 422 g/mol. The fourth-order valence-electron chi connectivity index (χ4n) is 3.07. The van der Waals surface area contributed by atoms with Gasteiger partial charge in [-0.3, -0.25) is 0 Å². The number of hydrogen-bond acceptors (Lipinski definition) is 1. The summed E-state index contributed by atoms with van der Waals surface area (Å²) in [5, 5.41) is 0. The molecule has 0 heterocycles. The zero-order chi connectivity index (χ0) is 23.8. The second kappa shape index (κ2) is 15.1. The maximum Gasteiger partial charge on any atom is 0.0462 e. The van der Waals surface area contributed by atoms with Crippen molar-refractivity contribution in [2.75, 3.05) is 4.90 Å². The normalized spacial score (nSPS) is 9.59. The van der Waals surface area contributed by atoms with E-state index in [4.69, 9.17) is 0 Å². The summed E-state index contributed by atoms with van der Waals surface area (Å²) in [4.78, 5) is 2.17. The molecule has 1 heteroatoms. The van der Waals surface area contributed by atoms with Crippen LogP contribution in [0.15, 0.2) is 116 Å². The predicted molar refractivity (Wildman–Crippen MR) is 144 cm³/mol.